The molecule has 0 unspecified atom stereocenters. The van der Waals surface area contributed by atoms with Crippen molar-refractivity contribution in [1.82, 2.24) is 9.88 Å². The highest BCUT2D eigenvalue weighted by atomic mass is 16.4. The van der Waals surface area contributed by atoms with Gasteiger partial charge in [-0.2, -0.15) is 0 Å². The lowest BCUT2D eigenvalue weighted by Gasteiger charge is -2.30. The summed E-state index contributed by atoms with van der Waals surface area (Å²) in [6, 6.07) is 3.62. The highest BCUT2D eigenvalue weighted by molar-refractivity contribution is 5.94. The number of likely N-dealkylation sites (tertiary alicyclic amines) is 1. The molecule has 1 saturated heterocycles. The largest absolute Gasteiger partial charge is 0.481 e. The van der Waals surface area contributed by atoms with Crippen molar-refractivity contribution >= 4 is 17.7 Å². The van der Waals surface area contributed by atoms with E-state index in [2.05, 4.69) is 23.7 Å². The van der Waals surface area contributed by atoms with E-state index in [1.807, 2.05) is 6.07 Å². The van der Waals surface area contributed by atoms with Crippen LogP contribution in [0.3, 0.4) is 0 Å². The number of amides is 1. The number of pyridine rings is 1. The third kappa shape index (κ3) is 3.55. The number of hydrogen-bond acceptors (Lipinski definition) is 4. The monoisotopic (exact) mass is 305 g/mol. The minimum Gasteiger partial charge on any atom is -0.481 e. The van der Waals surface area contributed by atoms with Gasteiger partial charge in [0.25, 0.3) is 5.91 Å². The quantitative estimate of drug-likeness (QED) is 0.899. The average molecular weight is 305 g/mol. The maximum absolute atomic E-state index is 12.5. The highest BCUT2D eigenvalue weighted by Crippen LogP contribution is 2.19. The van der Waals surface area contributed by atoms with Crippen molar-refractivity contribution < 1.29 is 14.7 Å². The van der Waals surface area contributed by atoms with Gasteiger partial charge in [0, 0.05) is 32.4 Å². The van der Waals surface area contributed by atoms with Gasteiger partial charge in [0.2, 0.25) is 0 Å². The molecule has 0 aliphatic carbocycles. The Bertz CT molecular complexity index is 526. The van der Waals surface area contributed by atoms with Crippen LogP contribution in [-0.4, -0.2) is 53.0 Å². The third-order valence-corrected chi connectivity index (χ3v) is 4.14. The number of carbonyl (C=O) groups excluding carboxylic acids is 1. The van der Waals surface area contributed by atoms with Gasteiger partial charge in [0.15, 0.2) is 0 Å². The Labute approximate surface area is 130 Å². The predicted molar refractivity (Wildman–Crippen MR) is 84.1 cm³/mol. The van der Waals surface area contributed by atoms with E-state index in [0.29, 0.717) is 18.5 Å². The van der Waals surface area contributed by atoms with E-state index in [9.17, 15) is 9.59 Å². The summed E-state index contributed by atoms with van der Waals surface area (Å²) >= 11 is 0. The van der Waals surface area contributed by atoms with E-state index in [4.69, 9.17) is 5.11 Å². The first-order valence-corrected chi connectivity index (χ1v) is 7.79. The first kappa shape index (κ1) is 16.3. The van der Waals surface area contributed by atoms with Crippen LogP contribution in [0.4, 0.5) is 5.82 Å². The number of rotatable bonds is 5. The normalized spacial score (nSPS) is 18.1. The van der Waals surface area contributed by atoms with Crippen LogP contribution >= 0.6 is 0 Å². The van der Waals surface area contributed by atoms with Gasteiger partial charge in [-0.15, -0.1) is 0 Å². The molecule has 1 aliphatic heterocycles. The molecule has 2 heterocycles. The summed E-state index contributed by atoms with van der Waals surface area (Å²) in [6.07, 6.45) is 2.95. The van der Waals surface area contributed by atoms with Crippen LogP contribution in [0, 0.1) is 5.92 Å². The van der Waals surface area contributed by atoms with E-state index >= 15 is 0 Å². The molecular weight excluding hydrogens is 282 g/mol. The smallest absolute Gasteiger partial charge is 0.308 e. The Morgan fingerprint density at radius 2 is 2.09 bits per heavy atom. The fourth-order valence-corrected chi connectivity index (χ4v) is 2.79. The van der Waals surface area contributed by atoms with Crippen LogP contribution in [0.2, 0.25) is 0 Å². The zero-order valence-electron chi connectivity index (χ0n) is 13.2. The van der Waals surface area contributed by atoms with Crippen LogP contribution in [-0.2, 0) is 4.79 Å². The van der Waals surface area contributed by atoms with Crippen molar-refractivity contribution in [2.45, 2.75) is 26.7 Å². The second kappa shape index (κ2) is 7.24. The zero-order valence-corrected chi connectivity index (χ0v) is 13.2. The molecule has 6 nitrogen and oxygen atoms in total. The van der Waals surface area contributed by atoms with Crippen molar-refractivity contribution in [1.29, 1.82) is 0 Å². The molecule has 2 rings (SSSR count). The first-order valence-electron chi connectivity index (χ1n) is 7.79. The van der Waals surface area contributed by atoms with E-state index in [1.165, 1.54) is 0 Å². The third-order valence-electron chi connectivity index (χ3n) is 4.14. The van der Waals surface area contributed by atoms with Crippen molar-refractivity contribution in [3.05, 3.63) is 23.9 Å². The number of anilines is 1. The lowest BCUT2D eigenvalue weighted by Crippen LogP contribution is -2.42. The van der Waals surface area contributed by atoms with Crippen molar-refractivity contribution in [3.8, 4) is 0 Å². The molecule has 1 amide bonds. The van der Waals surface area contributed by atoms with Gasteiger partial charge in [-0.1, -0.05) is 0 Å². The fourth-order valence-electron chi connectivity index (χ4n) is 2.79. The zero-order chi connectivity index (χ0) is 16.1. The molecule has 0 spiro atoms. The summed E-state index contributed by atoms with van der Waals surface area (Å²) in [5, 5.41) is 9.10. The van der Waals surface area contributed by atoms with Gasteiger partial charge in [-0.25, -0.2) is 4.98 Å². The maximum atomic E-state index is 12.5. The number of carbonyl (C=O) groups is 2. The molecule has 1 aromatic heterocycles. The van der Waals surface area contributed by atoms with Crippen molar-refractivity contribution in [3.63, 3.8) is 0 Å². The topological polar surface area (TPSA) is 73.7 Å². The molecule has 1 N–H and O–H groups in total. The minimum absolute atomic E-state index is 0.135. The van der Waals surface area contributed by atoms with Crippen LogP contribution in [0.1, 0.15) is 37.0 Å². The molecule has 0 radical (unpaired) electrons. The second-order valence-electron chi connectivity index (χ2n) is 5.51. The van der Waals surface area contributed by atoms with E-state index in [-0.39, 0.29) is 12.5 Å². The molecule has 0 saturated carbocycles. The van der Waals surface area contributed by atoms with Crippen LogP contribution in [0.5, 0.6) is 0 Å². The van der Waals surface area contributed by atoms with Gasteiger partial charge < -0.3 is 14.9 Å². The van der Waals surface area contributed by atoms with Gasteiger partial charge in [0.1, 0.15) is 5.82 Å². The van der Waals surface area contributed by atoms with Crippen LogP contribution in [0.25, 0.3) is 0 Å². The highest BCUT2D eigenvalue weighted by Gasteiger charge is 2.28. The van der Waals surface area contributed by atoms with Crippen LogP contribution in [0.15, 0.2) is 18.3 Å². The molecule has 0 bridgehead atoms. The van der Waals surface area contributed by atoms with E-state index < -0.39 is 11.9 Å². The van der Waals surface area contributed by atoms with Crippen molar-refractivity contribution in [2.75, 3.05) is 31.1 Å². The molecule has 1 fully saturated rings. The number of carboxylic acids is 1. The number of hydrogen-bond donors (Lipinski definition) is 1. The Hall–Kier alpha value is -2.11. The Morgan fingerprint density at radius 1 is 1.36 bits per heavy atom. The lowest BCUT2D eigenvalue weighted by atomic mass is 9.98. The number of piperidine rings is 1. The Kier molecular flexibility index (Phi) is 5.35. The standard InChI is InChI=1S/C16H23N3O3/c1-3-18(4-2)14-8-7-12(10-17-14)15(20)19-9-5-6-13(11-19)16(21)22/h7-8,10,13H,3-6,9,11H2,1-2H3,(H,21,22)/t13-/m0/s1. The summed E-state index contributed by atoms with van der Waals surface area (Å²) in [5.41, 5.74) is 0.516. The molecule has 1 atom stereocenters. The fraction of sp³-hybridized carbons (Fsp3) is 0.562. The van der Waals surface area contributed by atoms with E-state index in [0.717, 1.165) is 25.3 Å². The summed E-state index contributed by atoms with van der Waals surface area (Å²) in [6.45, 7) is 6.74. The Morgan fingerprint density at radius 3 is 2.64 bits per heavy atom. The van der Waals surface area contributed by atoms with E-state index in [1.54, 1.807) is 17.2 Å². The predicted octanol–water partition coefficient (Wildman–Crippen LogP) is 1.86. The summed E-state index contributed by atoms with van der Waals surface area (Å²) in [4.78, 5) is 31.6. The minimum atomic E-state index is -0.826. The van der Waals surface area contributed by atoms with Gasteiger partial charge in [0.05, 0.1) is 11.5 Å². The van der Waals surface area contributed by atoms with Crippen LogP contribution < -0.4 is 4.90 Å². The maximum Gasteiger partial charge on any atom is 0.308 e. The lowest BCUT2D eigenvalue weighted by molar-refractivity contribution is -0.143. The van der Waals surface area contributed by atoms with Gasteiger partial charge >= 0.3 is 5.97 Å². The SMILES string of the molecule is CCN(CC)c1ccc(C(=O)N2CCC[C@H](C(=O)O)C2)cn1. The molecule has 120 valence electrons. The molecule has 22 heavy (non-hydrogen) atoms. The molecule has 1 aromatic rings. The van der Waals surface area contributed by atoms with Crippen molar-refractivity contribution in [2.24, 2.45) is 5.92 Å². The number of nitrogens with zero attached hydrogens (tertiary/aromatic N) is 3. The number of aliphatic carboxylic acids is 1. The first-order chi connectivity index (χ1) is 10.6. The second-order valence-corrected chi connectivity index (χ2v) is 5.51. The number of carboxylic acid groups (broad SMARTS) is 1. The molecular formula is C16H23N3O3. The van der Waals surface area contributed by atoms with Gasteiger partial charge in [-0.3, -0.25) is 9.59 Å². The molecule has 1 aliphatic rings. The number of aromatic nitrogens is 1. The molecule has 6 heteroatoms. The van der Waals surface area contributed by atoms with Gasteiger partial charge in [-0.05, 0) is 38.8 Å². The Balaban J connectivity index is 2.07. The molecule has 0 aromatic carbocycles. The summed E-state index contributed by atoms with van der Waals surface area (Å²) < 4.78 is 0. The summed E-state index contributed by atoms with van der Waals surface area (Å²) in [7, 11) is 0. The average Bonchev–Trinajstić information content (AvgIpc) is 2.56. The summed E-state index contributed by atoms with van der Waals surface area (Å²) in [5.74, 6) is -0.568.